The van der Waals surface area contributed by atoms with E-state index >= 15 is 0 Å². The summed E-state index contributed by atoms with van der Waals surface area (Å²) in [6.45, 7) is 1.57. The first-order valence-electron chi connectivity index (χ1n) is 6.43. The van der Waals surface area contributed by atoms with Crippen LogP contribution >= 0.6 is 11.3 Å². The molecular weight excluding hydrogens is 280 g/mol. The third kappa shape index (κ3) is 4.28. The van der Waals surface area contributed by atoms with Crippen LogP contribution in [-0.4, -0.2) is 40.5 Å². The van der Waals surface area contributed by atoms with Gasteiger partial charge < -0.3 is 25.3 Å². The van der Waals surface area contributed by atoms with Crippen molar-refractivity contribution < 1.29 is 19.0 Å². The number of esters is 1. The highest BCUT2D eigenvalue weighted by molar-refractivity contribution is 7.19. The Kier molecular flexibility index (Phi) is 7.17. The van der Waals surface area contributed by atoms with E-state index in [1.807, 2.05) is 0 Å². The highest BCUT2D eigenvalue weighted by Crippen LogP contribution is 2.42. The van der Waals surface area contributed by atoms with Gasteiger partial charge in [-0.1, -0.05) is 0 Å². The molecule has 0 aromatic carbocycles. The third-order valence-electron chi connectivity index (χ3n) is 2.79. The van der Waals surface area contributed by atoms with Crippen LogP contribution in [0.3, 0.4) is 0 Å². The van der Waals surface area contributed by atoms with E-state index in [0.717, 1.165) is 37.4 Å². The van der Waals surface area contributed by atoms with Crippen molar-refractivity contribution in [3.63, 3.8) is 0 Å². The van der Waals surface area contributed by atoms with Crippen molar-refractivity contribution >= 4 is 28.0 Å². The molecule has 3 N–H and O–H groups in total. The van der Waals surface area contributed by atoms with Crippen LogP contribution in [0.1, 0.15) is 28.9 Å². The zero-order chi connectivity index (χ0) is 15.0. The van der Waals surface area contributed by atoms with Crippen molar-refractivity contribution in [1.82, 2.24) is 0 Å². The number of nitrogen functional groups attached to an aromatic ring is 1. The first-order valence-corrected chi connectivity index (χ1v) is 7.24. The fourth-order valence-electron chi connectivity index (χ4n) is 1.74. The van der Waals surface area contributed by atoms with E-state index in [0.29, 0.717) is 16.3 Å². The summed E-state index contributed by atoms with van der Waals surface area (Å²) in [7, 11) is 4.56. The van der Waals surface area contributed by atoms with Gasteiger partial charge in [0.25, 0.3) is 0 Å². The number of thiophene rings is 1. The average Bonchev–Trinajstić information content (AvgIpc) is 2.78. The van der Waals surface area contributed by atoms with Gasteiger partial charge in [-0.15, -0.1) is 11.3 Å². The number of unbranched alkanes of at least 4 members (excludes halogenated alkanes) is 2. The fourth-order valence-corrected chi connectivity index (χ4v) is 2.78. The molecule has 0 atom stereocenters. The Balaban J connectivity index is 2.58. The van der Waals surface area contributed by atoms with Crippen LogP contribution in [0.2, 0.25) is 0 Å². The Labute approximate surface area is 123 Å². The lowest BCUT2D eigenvalue weighted by Crippen LogP contribution is -2.03. The number of nitrogens with two attached hydrogens (primary N) is 1. The minimum Gasteiger partial charge on any atom is -0.492 e. The summed E-state index contributed by atoms with van der Waals surface area (Å²) in [5.41, 5.74) is 6.21. The molecule has 1 aromatic rings. The van der Waals surface area contributed by atoms with E-state index in [4.69, 9.17) is 19.9 Å². The van der Waals surface area contributed by atoms with Crippen LogP contribution in [0.5, 0.6) is 5.75 Å². The smallest absolute Gasteiger partial charge is 0.350 e. The standard InChI is InChI=1S/C13H22N2O4S/c1-17-8-6-4-5-7-15-12-10(18-2)9(14)11(20-12)13(16)19-3/h15H,4-8,14H2,1-3H3. The highest BCUT2D eigenvalue weighted by Gasteiger charge is 2.22. The van der Waals surface area contributed by atoms with Crippen LogP contribution in [0.4, 0.5) is 10.7 Å². The van der Waals surface area contributed by atoms with E-state index in [1.165, 1.54) is 25.6 Å². The average molecular weight is 302 g/mol. The lowest BCUT2D eigenvalue weighted by Gasteiger charge is -2.06. The van der Waals surface area contributed by atoms with Crippen molar-refractivity contribution in [2.75, 3.05) is 45.5 Å². The molecule has 0 saturated heterocycles. The van der Waals surface area contributed by atoms with Crippen molar-refractivity contribution in [2.24, 2.45) is 0 Å². The van der Waals surface area contributed by atoms with Gasteiger partial charge in [-0.3, -0.25) is 0 Å². The first kappa shape index (κ1) is 16.6. The summed E-state index contributed by atoms with van der Waals surface area (Å²) in [5.74, 6) is 0.0613. The molecule has 1 aromatic heterocycles. The van der Waals surface area contributed by atoms with Gasteiger partial charge in [-0.2, -0.15) is 0 Å². The molecule has 0 aliphatic carbocycles. The number of carbonyl (C=O) groups is 1. The minimum atomic E-state index is -0.445. The zero-order valence-electron chi connectivity index (χ0n) is 12.2. The van der Waals surface area contributed by atoms with Gasteiger partial charge in [0.05, 0.1) is 14.2 Å². The molecule has 0 spiro atoms. The van der Waals surface area contributed by atoms with Gasteiger partial charge in [-0.25, -0.2) is 4.79 Å². The second kappa shape index (κ2) is 8.65. The summed E-state index contributed by atoms with van der Waals surface area (Å²) in [5, 5.41) is 4.01. The van der Waals surface area contributed by atoms with Gasteiger partial charge in [0.15, 0.2) is 5.75 Å². The molecule has 1 rings (SSSR count). The molecule has 7 heteroatoms. The molecule has 0 bridgehead atoms. The first-order chi connectivity index (χ1) is 9.65. The molecule has 0 saturated carbocycles. The molecule has 0 unspecified atom stereocenters. The zero-order valence-corrected chi connectivity index (χ0v) is 13.0. The van der Waals surface area contributed by atoms with E-state index in [2.05, 4.69) is 5.32 Å². The second-order valence-electron chi connectivity index (χ2n) is 4.18. The molecule has 0 aliphatic rings. The van der Waals surface area contributed by atoms with Crippen LogP contribution in [0.15, 0.2) is 0 Å². The molecule has 0 radical (unpaired) electrons. The maximum atomic E-state index is 11.6. The van der Waals surface area contributed by atoms with Crippen LogP contribution < -0.4 is 15.8 Å². The summed E-state index contributed by atoms with van der Waals surface area (Å²) in [6, 6.07) is 0. The molecule has 0 amide bonds. The van der Waals surface area contributed by atoms with E-state index in [-0.39, 0.29) is 0 Å². The van der Waals surface area contributed by atoms with Crippen molar-refractivity contribution in [3.05, 3.63) is 4.88 Å². The largest absolute Gasteiger partial charge is 0.492 e. The third-order valence-corrected chi connectivity index (χ3v) is 3.91. The van der Waals surface area contributed by atoms with Crippen molar-refractivity contribution in [2.45, 2.75) is 19.3 Å². The second-order valence-corrected chi connectivity index (χ2v) is 5.20. The molecule has 114 valence electrons. The van der Waals surface area contributed by atoms with Crippen LogP contribution in [-0.2, 0) is 9.47 Å². The Hall–Kier alpha value is -1.47. The SMILES string of the molecule is COCCCCCNc1sc(C(=O)OC)c(N)c1OC. The van der Waals surface area contributed by atoms with Crippen molar-refractivity contribution in [1.29, 1.82) is 0 Å². The normalized spacial score (nSPS) is 10.3. The van der Waals surface area contributed by atoms with Crippen LogP contribution in [0.25, 0.3) is 0 Å². The highest BCUT2D eigenvalue weighted by atomic mass is 32.1. The Morgan fingerprint density at radius 3 is 2.60 bits per heavy atom. The quantitative estimate of drug-likeness (QED) is 0.538. The van der Waals surface area contributed by atoms with Crippen molar-refractivity contribution in [3.8, 4) is 5.75 Å². The molecule has 1 heterocycles. The number of nitrogens with one attached hydrogen (secondary N) is 1. The predicted octanol–water partition coefficient (Wildman–Crippen LogP) is 2.35. The number of ether oxygens (including phenoxy) is 3. The maximum Gasteiger partial charge on any atom is 0.350 e. The molecule has 0 fully saturated rings. The van der Waals surface area contributed by atoms with Gasteiger partial charge in [0.1, 0.15) is 15.6 Å². The van der Waals surface area contributed by atoms with Gasteiger partial charge in [0.2, 0.25) is 0 Å². The molecule has 0 aliphatic heterocycles. The lowest BCUT2D eigenvalue weighted by atomic mass is 10.2. The molecular formula is C13H22N2O4S. The minimum absolute atomic E-state index is 0.325. The van der Waals surface area contributed by atoms with Gasteiger partial charge >= 0.3 is 5.97 Å². The van der Waals surface area contributed by atoms with E-state index in [9.17, 15) is 4.79 Å². The van der Waals surface area contributed by atoms with Gasteiger partial charge in [0, 0.05) is 20.3 Å². The summed E-state index contributed by atoms with van der Waals surface area (Å²) < 4.78 is 14.9. The number of rotatable bonds is 9. The predicted molar refractivity (Wildman–Crippen MR) is 80.8 cm³/mol. The van der Waals surface area contributed by atoms with Gasteiger partial charge in [-0.05, 0) is 19.3 Å². The Morgan fingerprint density at radius 2 is 2.00 bits per heavy atom. The lowest BCUT2D eigenvalue weighted by molar-refractivity contribution is 0.0607. The summed E-state index contributed by atoms with van der Waals surface area (Å²) in [4.78, 5) is 11.9. The number of hydrogen-bond acceptors (Lipinski definition) is 7. The summed E-state index contributed by atoms with van der Waals surface area (Å²) >= 11 is 1.25. The topological polar surface area (TPSA) is 82.8 Å². The maximum absolute atomic E-state index is 11.6. The monoisotopic (exact) mass is 302 g/mol. The Morgan fingerprint density at radius 1 is 1.25 bits per heavy atom. The molecule has 6 nitrogen and oxygen atoms in total. The number of hydrogen-bond donors (Lipinski definition) is 2. The molecule has 20 heavy (non-hydrogen) atoms. The van der Waals surface area contributed by atoms with E-state index in [1.54, 1.807) is 7.11 Å². The van der Waals surface area contributed by atoms with Crippen LogP contribution in [0, 0.1) is 0 Å². The van der Waals surface area contributed by atoms with E-state index < -0.39 is 5.97 Å². The Bertz CT molecular complexity index is 434. The number of carbonyl (C=O) groups excluding carboxylic acids is 1. The fraction of sp³-hybridized carbons (Fsp3) is 0.615. The summed E-state index contributed by atoms with van der Waals surface area (Å²) in [6.07, 6.45) is 3.13. The number of methoxy groups -OCH3 is 3. The number of anilines is 2.